The lowest BCUT2D eigenvalue weighted by atomic mass is 9.79. The number of carbonyl (C=O) groups is 1. The highest BCUT2D eigenvalue weighted by molar-refractivity contribution is 5.53. The molecule has 0 spiro atoms. The van der Waals surface area contributed by atoms with Crippen LogP contribution in [0.2, 0.25) is 0 Å². The van der Waals surface area contributed by atoms with Crippen LogP contribution < -0.4 is 0 Å². The van der Waals surface area contributed by atoms with E-state index >= 15 is 0 Å². The SMILES string of the molecule is O=CC1CCCC(Cc2ccccc2)C1. The van der Waals surface area contributed by atoms with Crippen LogP contribution in [0.4, 0.5) is 0 Å². The van der Waals surface area contributed by atoms with Gasteiger partial charge in [-0.2, -0.15) is 0 Å². The van der Waals surface area contributed by atoms with Gasteiger partial charge in [0.2, 0.25) is 0 Å². The first-order chi connectivity index (χ1) is 7.38. The summed E-state index contributed by atoms with van der Waals surface area (Å²) in [6.45, 7) is 0. The summed E-state index contributed by atoms with van der Waals surface area (Å²) in [6, 6.07) is 10.6. The maximum atomic E-state index is 10.8. The summed E-state index contributed by atoms with van der Waals surface area (Å²) in [5, 5.41) is 0. The fraction of sp³-hybridized carbons (Fsp3) is 0.500. The molecule has 1 saturated carbocycles. The van der Waals surface area contributed by atoms with E-state index in [0.717, 1.165) is 31.5 Å². The van der Waals surface area contributed by atoms with Crippen LogP contribution in [0.1, 0.15) is 31.2 Å². The zero-order valence-electron chi connectivity index (χ0n) is 9.06. The molecule has 0 aliphatic heterocycles. The van der Waals surface area contributed by atoms with Crippen LogP contribution in [0.25, 0.3) is 0 Å². The molecular weight excluding hydrogens is 184 g/mol. The van der Waals surface area contributed by atoms with Crippen LogP contribution in [-0.4, -0.2) is 6.29 Å². The monoisotopic (exact) mass is 202 g/mol. The molecule has 2 unspecified atom stereocenters. The Morgan fingerprint density at radius 1 is 1.20 bits per heavy atom. The predicted octanol–water partition coefficient (Wildman–Crippen LogP) is 3.23. The van der Waals surface area contributed by atoms with Crippen LogP contribution >= 0.6 is 0 Å². The Morgan fingerprint density at radius 2 is 2.00 bits per heavy atom. The molecule has 0 radical (unpaired) electrons. The zero-order chi connectivity index (χ0) is 10.5. The van der Waals surface area contributed by atoms with E-state index in [9.17, 15) is 4.79 Å². The van der Waals surface area contributed by atoms with E-state index < -0.39 is 0 Å². The predicted molar refractivity (Wildman–Crippen MR) is 61.7 cm³/mol. The molecule has 1 heteroatoms. The molecular formula is C14H18O. The fourth-order valence-corrected chi connectivity index (χ4v) is 2.59. The van der Waals surface area contributed by atoms with Gasteiger partial charge in [-0.05, 0) is 30.7 Å². The molecule has 1 aliphatic carbocycles. The Kier molecular flexibility index (Phi) is 3.54. The lowest BCUT2D eigenvalue weighted by Crippen LogP contribution is -2.18. The minimum absolute atomic E-state index is 0.326. The number of benzene rings is 1. The van der Waals surface area contributed by atoms with Crippen molar-refractivity contribution in [1.82, 2.24) is 0 Å². The van der Waals surface area contributed by atoms with Gasteiger partial charge in [-0.15, -0.1) is 0 Å². The number of hydrogen-bond acceptors (Lipinski definition) is 1. The van der Waals surface area contributed by atoms with Gasteiger partial charge in [0, 0.05) is 5.92 Å². The van der Waals surface area contributed by atoms with Crippen molar-refractivity contribution < 1.29 is 4.79 Å². The molecule has 0 amide bonds. The maximum Gasteiger partial charge on any atom is 0.123 e. The van der Waals surface area contributed by atoms with Gasteiger partial charge >= 0.3 is 0 Å². The van der Waals surface area contributed by atoms with Gasteiger partial charge in [-0.3, -0.25) is 0 Å². The molecule has 1 aliphatic rings. The average molecular weight is 202 g/mol. The van der Waals surface area contributed by atoms with Crippen molar-refractivity contribution in [3.8, 4) is 0 Å². The van der Waals surface area contributed by atoms with Crippen LogP contribution in [0.15, 0.2) is 30.3 Å². The second-order valence-corrected chi connectivity index (χ2v) is 4.62. The molecule has 2 rings (SSSR count). The van der Waals surface area contributed by atoms with E-state index in [1.807, 2.05) is 0 Å². The van der Waals surface area contributed by atoms with Crippen LogP contribution in [0, 0.1) is 11.8 Å². The van der Waals surface area contributed by atoms with Gasteiger partial charge in [0.1, 0.15) is 6.29 Å². The van der Waals surface area contributed by atoms with Crippen molar-refractivity contribution in [3.63, 3.8) is 0 Å². The third-order valence-electron chi connectivity index (χ3n) is 3.38. The summed E-state index contributed by atoms with van der Waals surface area (Å²) >= 11 is 0. The standard InChI is InChI=1S/C14H18O/c15-11-14-8-4-7-13(10-14)9-12-5-2-1-3-6-12/h1-3,5-6,11,13-14H,4,7-10H2. The van der Waals surface area contributed by atoms with E-state index in [1.54, 1.807) is 0 Å². The topological polar surface area (TPSA) is 17.1 Å². The van der Waals surface area contributed by atoms with E-state index in [1.165, 1.54) is 18.4 Å². The number of aldehydes is 1. The first-order valence-electron chi connectivity index (χ1n) is 5.87. The Morgan fingerprint density at radius 3 is 2.73 bits per heavy atom. The third-order valence-corrected chi connectivity index (χ3v) is 3.38. The fourth-order valence-electron chi connectivity index (χ4n) is 2.59. The van der Waals surface area contributed by atoms with E-state index in [-0.39, 0.29) is 0 Å². The van der Waals surface area contributed by atoms with Gasteiger partial charge in [-0.1, -0.05) is 43.2 Å². The summed E-state index contributed by atoms with van der Waals surface area (Å²) in [5.74, 6) is 1.05. The molecule has 0 saturated heterocycles. The Labute approximate surface area is 91.5 Å². The van der Waals surface area contributed by atoms with Crippen molar-refractivity contribution >= 4 is 6.29 Å². The van der Waals surface area contributed by atoms with E-state index in [0.29, 0.717) is 5.92 Å². The van der Waals surface area contributed by atoms with Gasteiger partial charge in [-0.25, -0.2) is 0 Å². The first kappa shape index (κ1) is 10.4. The molecule has 0 N–H and O–H groups in total. The Balaban J connectivity index is 1.92. The van der Waals surface area contributed by atoms with Gasteiger partial charge < -0.3 is 4.79 Å². The molecule has 80 valence electrons. The van der Waals surface area contributed by atoms with Crippen LogP contribution in [0.3, 0.4) is 0 Å². The quantitative estimate of drug-likeness (QED) is 0.688. The van der Waals surface area contributed by atoms with Crippen molar-refractivity contribution in [1.29, 1.82) is 0 Å². The van der Waals surface area contributed by atoms with Gasteiger partial charge in [0.25, 0.3) is 0 Å². The third kappa shape index (κ3) is 2.92. The highest BCUT2D eigenvalue weighted by Crippen LogP contribution is 2.30. The molecule has 0 heterocycles. The molecule has 1 aromatic rings. The molecule has 2 atom stereocenters. The van der Waals surface area contributed by atoms with Crippen molar-refractivity contribution in [2.24, 2.45) is 11.8 Å². The summed E-state index contributed by atoms with van der Waals surface area (Å²) in [6.07, 6.45) is 7.01. The maximum absolute atomic E-state index is 10.8. The lowest BCUT2D eigenvalue weighted by Gasteiger charge is -2.25. The number of carbonyl (C=O) groups excluding carboxylic acids is 1. The minimum atomic E-state index is 0.326. The molecule has 0 aromatic heterocycles. The Hall–Kier alpha value is -1.11. The first-order valence-corrected chi connectivity index (χ1v) is 5.87. The summed E-state index contributed by atoms with van der Waals surface area (Å²) in [4.78, 5) is 10.8. The van der Waals surface area contributed by atoms with Crippen molar-refractivity contribution in [2.75, 3.05) is 0 Å². The second kappa shape index (κ2) is 5.11. The normalized spacial score (nSPS) is 26.1. The van der Waals surface area contributed by atoms with Crippen molar-refractivity contribution in [2.45, 2.75) is 32.1 Å². The number of hydrogen-bond donors (Lipinski definition) is 0. The molecule has 1 aromatic carbocycles. The highest BCUT2D eigenvalue weighted by Gasteiger charge is 2.21. The smallest absolute Gasteiger partial charge is 0.123 e. The summed E-state index contributed by atoms with van der Waals surface area (Å²) < 4.78 is 0. The van der Waals surface area contributed by atoms with E-state index in [2.05, 4.69) is 30.3 Å². The molecule has 15 heavy (non-hydrogen) atoms. The molecule has 0 bridgehead atoms. The van der Waals surface area contributed by atoms with Crippen LogP contribution in [0.5, 0.6) is 0 Å². The van der Waals surface area contributed by atoms with E-state index in [4.69, 9.17) is 0 Å². The second-order valence-electron chi connectivity index (χ2n) is 4.62. The minimum Gasteiger partial charge on any atom is -0.303 e. The summed E-state index contributed by atoms with van der Waals surface area (Å²) in [5.41, 5.74) is 1.41. The van der Waals surface area contributed by atoms with Crippen LogP contribution in [-0.2, 0) is 11.2 Å². The van der Waals surface area contributed by atoms with Gasteiger partial charge in [0.05, 0.1) is 0 Å². The van der Waals surface area contributed by atoms with Gasteiger partial charge in [0.15, 0.2) is 0 Å². The molecule has 1 nitrogen and oxygen atoms in total. The largest absolute Gasteiger partial charge is 0.303 e. The Bertz CT molecular complexity index is 304. The summed E-state index contributed by atoms with van der Waals surface area (Å²) in [7, 11) is 0. The van der Waals surface area contributed by atoms with Crippen molar-refractivity contribution in [3.05, 3.63) is 35.9 Å². The highest BCUT2D eigenvalue weighted by atomic mass is 16.1. The zero-order valence-corrected chi connectivity index (χ0v) is 9.06. The average Bonchev–Trinajstić information content (AvgIpc) is 2.31. The molecule has 1 fully saturated rings. The number of rotatable bonds is 3. The lowest BCUT2D eigenvalue weighted by molar-refractivity contribution is -0.112.